The molecule has 5 aromatic rings. The topological polar surface area (TPSA) is 138 Å². The Kier molecular flexibility index (Phi) is 7.38. The van der Waals surface area contributed by atoms with Crippen molar-refractivity contribution in [1.29, 1.82) is 0 Å². The van der Waals surface area contributed by atoms with Crippen LogP contribution in [-0.4, -0.2) is 62.2 Å². The summed E-state index contributed by atoms with van der Waals surface area (Å²) < 4.78 is 21.2. The molecule has 0 radical (unpaired) electrons. The molecule has 1 aliphatic rings. The number of H-pyrrole nitrogens is 1. The van der Waals surface area contributed by atoms with E-state index in [1.54, 1.807) is 26.0 Å². The molecule has 4 aromatic heterocycles. The van der Waals surface area contributed by atoms with Gasteiger partial charge in [0.15, 0.2) is 0 Å². The maximum Gasteiger partial charge on any atom is 0.293 e. The lowest BCUT2D eigenvalue weighted by Crippen LogP contribution is -2.43. The third kappa shape index (κ3) is 5.57. The zero-order chi connectivity index (χ0) is 30.3. The summed E-state index contributed by atoms with van der Waals surface area (Å²) in [7, 11) is 0. The van der Waals surface area contributed by atoms with Gasteiger partial charge in [0.25, 0.3) is 11.7 Å². The molecule has 222 valence electrons. The van der Waals surface area contributed by atoms with Crippen molar-refractivity contribution in [2.75, 3.05) is 31.1 Å². The predicted octanol–water partition coefficient (Wildman–Crippen LogP) is 4.72. The molecule has 1 amide bonds. The molecule has 3 N–H and O–H groups in total. The molecule has 1 aliphatic heterocycles. The van der Waals surface area contributed by atoms with Crippen molar-refractivity contribution >= 4 is 22.8 Å². The van der Waals surface area contributed by atoms with E-state index in [-0.39, 0.29) is 11.2 Å². The first-order valence-corrected chi connectivity index (χ1v) is 14.3. The summed E-state index contributed by atoms with van der Waals surface area (Å²) in [6.45, 7) is 12.9. The molecule has 1 unspecified atom stereocenters. The Morgan fingerprint density at radius 3 is 2.60 bits per heavy atom. The van der Waals surface area contributed by atoms with Gasteiger partial charge in [0, 0.05) is 60.0 Å². The molecule has 1 saturated heterocycles. The van der Waals surface area contributed by atoms with Gasteiger partial charge in [0.2, 0.25) is 5.89 Å². The van der Waals surface area contributed by atoms with Crippen molar-refractivity contribution in [1.82, 2.24) is 40.7 Å². The lowest BCUT2D eigenvalue weighted by Gasteiger charge is -2.28. The van der Waals surface area contributed by atoms with Crippen molar-refractivity contribution in [3.05, 3.63) is 71.5 Å². The number of aromatic nitrogens is 6. The van der Waals surface area contributed by atoms with E-state index in [9.17, 15) is 4.79 Å². The van der Waals surface area contributed by atoms with Crippen LogP contribution in [0.2, 0.25) is 0 Å². The fourth-order valence-electron chi connectivity index (χ4n) is 5.25. The number of amides is 1. The van der Waals surface area contributed by atoms with Crippen LogP contribution in [0.15, 0.2) is 47.4 Å². The number of nitrogens with zero attached hydrogens (tertiary/aromatic N) is 6. The number of nitrogens with one attached hydrogen (secondary N) is 3. The number of aromatic amines is 1. The van der Waals surface area contributed by atoms with Crippen LogP contribution in [0, 0.1) is 12.7 Å². The molecule has 0 bridgehead atoms. The number of carbonyl (C=O) groups excluding carboxylic acids is 1. The number of piperazine rings is 1. The van der Waals surface area contributed by atoms with E-state index in [1.807, 2.05) is 45.2 Å². The molecule has 12 heteroatoms. The third-order valence-electron chi connectivity index (χ3n) is 7.69. The van der Waals surface area contributed by atoms with E-state index in [4.69, 9.17) is 4.52 Å². The average molecular weight is 584 g/mol. The predicted molar refractivity (Wildman–Crippen MR) is 161 cm³/mol. The van der Waals surface area contributed by atoms with Gasteiger partial charge in [-0.2, -0.15) is 4.98 Å². The first kappa shape index (κ1) is 28.4. The van der Waals surface area contributed by atoms with Crippen LogP contribution in [0.1, 0.15) is 61.4 Å². The molecule has 11 nitrogen and oxygen atoms in total. The highest BCUT2D eigenvalue weighted by molar-refractivity contribution is 5.94. The van der Waals surface area contributed by atoms with E-state index >= 15 is 4.39 Å². The zero-order valence-corrected chi connectivity index (χ0v) is 24.8. The Morgan fingerprint density at radius 2 is 1.91 bits per heavy atom. The van der Waals surface area contributed by atoms with Crippen LogP contribution in [0.25, 0.3) is 33.5 Å². The van der Waals surface area contributed by atoms with E-state index in [2.05, 4.69) is 45.6 Å². The molecule has 1 aromatic carbocycles. The highest BCUT2D eigenvalue weighted by atomic mass is 19.1. The van der Waals surface area contributed by atoms with Gasteiger partial charge in [-0.15, -0.1) is 0 Å². The number of hydrogen-bond acceptors (Lipinski definition) is 9. The molecular weight excluding hydrogens is 549 g/mol. The van der Waals surface area contributed by atoms with Gasteiger partial charge < -0.3 is 25.0 Å². The minimum atomic E-state index is -0.506. The molecule has 43 heavy (non-hydrogen) atoms. The van der Waals surface area contributed by atoms with E-state index in [0.29, 0.717) is 39.3 Å². The SMILES string of the molecule is Cc1c(C(C)NC(=O)c2noc(C(C)(C)C)n2)ccc(-c2ncnc3[nH]c(-c4ccc(N5CCNCC5)nc4)cc23)c1F. The van der Waals surface area contributed by atoms with Gasteiger partial charge >= 0.3 is 0 Å². The van der Waals surface area contributed by atoms with Gasteiger partial charge in [-0.05, 0) is 49.2 Å². The van der Waals surface area contributed by atoms with Crippen molar-refractivity contribution in [3.8, 4) is 22.5 Å². The second-order valence-electron chi connectivity index (χ2n) is 11.8. The average Bonchev–Trinajstić information content (AvgIpc) is 3.68. The van der Waals surface area contributed by atoms with Crippen molar-refractivity contribution in [2.24, 2.45) is 0 Å². The van der Waals surface area contributed by atoms with Gasteiger partial charge in [-0.3, -0.25) is 4.79 Å². The van der Waals surface area contributed by atoms with Gasteiger partial charge in [-0.25, -0.2) is 19.3 Å². The molecule has 0 saturated carbocycles. The lowest BCUT2D eigenvalue weighted by atomic mass is 9.96. The van der Waals surface area contributed by atoms with Crippen molar-refractivity contribution < 1.29 is 13.7 Å². The summed E-state index contributed by atoms with van der Waals surface area (Å²) in [6, 6.07) is 8.95. The molecule has 5 heterocycles. The molecule has 1 atom stereocenters. The summed E-state index contributed by atoms with van der Waals surface area (Å²) >= 11 is 0. The standard InChI is InChI=1S/C31H34FN9O2/c1-17-20(18(2)37-29(42)28-39-30(43-40-28)31(3,4)5)7-8-21(25(17)32)26-22-14-23(38-27(22)36-16-35-26)19-6-9-24(34-15-19)41-12-10-33-11-13-41/h6-9,14-16,18,33H,10-13H2,1-5H3,(H,37,42)(H,35,36,38). The van der Waals surface area contributed by atoms with Crippen LogP contribution in [-0.2, 0) is 5.41 Å². The maximum atomic E-state index is 15.9. The van der Waals surface area contributed by atoms with Crippen molar-refractivity contribution in [3.63, 3.8) is 0 Å². The monoisotopic (exact) mass is 583 g/mol. The van der Waals surface area contributed by atoms with Gasteiger partial charge in [-0.1, -0.05) is 32.0 Å². The largest absolute Gasteiger partial charge is 0.354 e. The Hall–Kier alpha value is -4.71. The first-order chi connectivity index (χ1) is 20.6. The molecule has 0 spiro atoms. The normalized spacial score (nSPS) is 14.7. The first-order valence-electron chi connectivity index (χ1n) is 14.3. The van der Waals surface area contributed by atoms with Crippen LogP contribution >= 0.6 is 0 Å². The molecular formula is C31H34FN9O2. The van der Waals surface area contributed by atoms with Gasteiger partial charge in [0.05, 0.1) is 11.7 Å². The van der Waals surface area contributed by atoms with Crippen molar-refractivity contribution in [2.45, 2.75) is 46.1 Å². The number of rotatable bonds is 6. The molecule has 1 fully saturated rings. The fraction of sp³-hybridized carbons (Fsp3) is 0.355. The maximum absolute atomic E-state index is 15.9. The van der Waals surface area contributed by atoms with Crippen LogP contribution in [0.3, 0.4) is 0 Å². The number of benzene rings is 1. The fourth-order valence-corrected chi connectivity index (χ4v) is 5.25. The Morgan fingerprint density at radius 1 is 1.12 bits per heavy atom. The van der Waals surface area contributed by atoms with Crippen LogP contribution in [0.4, 0.5) is 10.2 Å². The summed E-state index contributed by atoms with van der Waals surface area (Å²) in [4.78, 5) is 36.1. The minimum absolute atomic E-state index is 0.0632. The number of carbonyl (C=O) groups is 1. The summed E-state index contributed by atoms with van der Waals surface area (Å²) in [5.41, 5.74) is 3.79. The Labute approximate surface area is 248 Å². The van der Waals surface area contributed by atoms with E-state index < -0.39 is 17.8 Å². The number of hydrogen-bond donors (Lipinski definition) is 3. The highest BCUT2D eigenvalue weighted by Crippen LogP contribution is 2.34. The number of halogens is 1. The summed E-state index contributed by atoms with van der Waals surface area (Å²) in [5.74, 6) is 0.328. The van der Waals surface area contributed by atoms with Gasteiger partial charge in [0.1, 0.15) is 23.6 Å². The Balaban J connectivity index is 1.25. The highest BCUT2D eigenvalue weighted by Gasteiger charge is 2.26. The smallest absolute Gasteiger partial charge is 0.293 e. The van der Waals surface area contributed by atoms with E-state index in [1.165, 1.54) is 6.33 Å². The quantitative estimate of drug-likeness (QED) is 0.259. The molecule has 0 aliphatic carbocycles. The number of anilines is 1. The lowest BCUT2D eigenvalue weighted by molar-refractivity contribution is 0.0926. The summed E-state index contributed by atoms with van der Waals surface area (Å²) in [5, 5.41) is 10.7. The number of pyridine rings is 1. The van der Waals surface area contributed by atoms with Crippen LogP contribution < -0.4 is 15.5 Å². The van der Waals surface area contributed by atoms with E-state index in [0.717, 1.165) is 43.3 Å². The third-order valence-corrected chi connectivity index (χ3v) is 7.69. The molecule has 6 rings (SSSR count). The summed E-state index contributed by atoms with van der Waals surface area (Å²) in [6.07, 6.45) is 3.26. The Bertz CT molecular complexity index is 1780. The van der Waals surface area contributed by atoms with Crippen LogP contribution in [0.5, 0.6) is 0 Å². The minimum Gasteiger partial charge on any atom is -0.354 e. The zero-order valence-electron chi connectivity index (χ0n) is 24.8. The number of fused-ring (bicyclic) bond motifs is 1. The second-order valence-corrected chi connectivity index (χ2v) is 11.8. The second kappa shape index (κ2) is 11.2.